The molecule has 2 amide bonds. The molecule has 1 N–H and O–H groups in total. The van der Waals surface area contributed by atoms with Crippen molar-refractivity contribution in [1.29, 1.82) is 5.26 Å². The van der Waals surface area contributed by atoms with Crippen molar-refractivity contribution in [3.63, 3.8) is 0 Å². The summed E-state index contributed by atoms with van der Waals surface area (Å²) in [6, 6.07) is 15.8. The van der Waals surface area contributed by atoms with E-state index in [1.165, 1.54) is 28.8 Å². The highest BCUT2D eigenvalue weighted by Crippen LogP contribution is 2.33. The molecule has 0 bridgehead atoms. The van der Waals surface area contributed by atoms with E-state index in [1.807, 2.05) is 30.3 Å². The second-order valence-electron chi connectivity index (χ2n) is 8.40. The van der Waals surface area contributed by atoms with Crippen LogP contribution in [-0.2, 0) is 4.79 Å². The molecule has 5 rings (SSSR count). The van der Waals surface area contributed by atoms with Gasteiger partial charge >= 0.3 is 0 Å². The van der Waals surface area contributed by atoms with Gasteiger partial charge in [-0.2, -0.15) is 5.26 Å². The van der Waals surface area contributed by atoms with E-state index in [0.29, 0.717) is 34.0 Å². The van der Waals surface area contributed by atoms with Crippen molar-refractivity contribution in [3.05, 3.63) is 71.7 Å². The van der Waals surface area contributed by atoms with Gasteiger partial charge in [-0.25, -0.2) is 4.39 Å². The summed E-state index contributed by atoms with van der Waals surface area (Å²) in [5.74, 6) is 0.524. The monoisotopic (exact) mass is 475 g/mol. The molecule has 2 saturated heterocycles. The third-order valence-electron chi connectivity index (χ3n) is 6.31. The average Bonchev–Trinajstić information content (AvgIpc) is 3.31. The largest absolute Gasteiger partial charge is 0.370 e. The molecule has 1 atom stereocenters. The fraction of sp³-hybridized carbons (Fsp3) is 0.280. The van der Waals surface area contributed by atoms with E-state index in [-0.39, 0.29) is 24.2 Å². The average molecular weight is 476 g/mol. The molecule has 1 unspecified atom stereocenters. The number of anilines is 1. The molecule has 2 aliphatic rings. The minimum absolute atomic E-state index is 0.160. The number of nitrogens with zero attached hydrogens (tertiary/aromatic N) is 4. The first-order valence-corrected chi connectivity index (χ1v) is 12.1. The van der Waals surface area contributed by atoms with Gasteiger partial charge in [-0.1, -0.05) is 12.1 Å². The summed E-state index contributed by atoms with van der Waals surface area (Å²) in [6.07, 6.45) is 1.58. The Labute approximate surface area is 200 Å². The number of hydrogen-bond acceptors (Lipinski definition) is 6. The summed E-state index contributed by atoms with van der Waals surface area (Å²) in [5.41, 5.74) is 3.23. The number of nitrogens with one attached hydrogen (secondary N) is 1. The molecular weight excluding hydrogens is 453 g/mol. The molecule has 0 aliphatic carbocycles. The predicted octanol–water partition coefficient (Wildman–Crippen LogP) is 3.13. The number of aromatic nitrogens is 1. The maximum absolute atomic E-state index is 13.2. The standard InChI is InChI=1S/C25H22FN5O2S/c26-18-3-1-16(2-4-18)17-12-30(13-17)19-5-6-23-22(9-19)21(7-8-28-23)25(33)29-11-24(32)31-15-34-14-20(31)10-27/h1-9,17,20H,11-15H2,(H,29,33). The van der Waals surface area contributed by atoms with E-state index in [9.17, 15) is 19.2 Å². The van der Waals surface area contributed by atoms with Crippen molar-refractivity contribution >= 4 is 40.2 Å². The summed E-state index contributed by atoms with van der Waals surface area (Å²) >= 11 is 1.53. The van der Waals surface area contributed by atoms with Gasteiger partial charge in [0.1, 0.15) is 11.9 Å². The highest BCUT2D eigenvalue weighted by Gasteiger charge is 2.30. The Hall–Kier alpha value is -3.64. The Morgan fingerprint density at radius 1 is 1.18 bits per heavy atom. The SMILES string of the molecule is N#CC1CSCN1C(=O)CNC(=O)c1ccnc2ccc(N3CC(c4ccc(F)cc4)C3)cc12. The Morgan fingerprint density at radius 3 is 2.74 bits per heavy atom. The van der Waals surface area contributed by atoms with Gasteiger partial charge in [-0.15, -0.1) is 11.8 Å². The number of benzene rings is 2. The molecule has 2 aromatic carbocycles. The molecule has 1 aromatic heterocycles. The van der Waals surface area contributed by atoms with Gasteiger partial charge in [-0.3, -0.25) is 14.6 Å². The normalized spacial score (nSPS) is 17.9. The Balaban J connectivity index is 1.28. The molecule has 2 aliphatic heterocycles. The number of carbonyl (C=O) groups excluding carboxylic acids is 2. The zero-order valence-electron chi connectivity index (χ0n) is 18.3. The van der Waals surface area contributed by atoms with E-state index >= 15 is 0 Å². The van der Waals surface area contributed by atoms with Crippen LogP contribution in [0.25, 0.3) is 10.9 Å². The molecule has 7 nitrogen and oxygen atoms in total. The van der Waals surface area contributed by atoms with Gasteiger partial charge in [0.2, 0.25) is 5.91 Å². The Morgan fingerprint density at radius 2 is 1.97 bits per heavy atom. The lowest BCUT2D eigenvalue weighted by Gasteiger charge is -2.41. The number of carbonyl (C=O) groups is 2. The molecule has 9 heteroatoms. The van der Waals surface area contributed by atoms with Crippen LogP contribution in [0.1, 0.15) is 21.8 Å². The molecule has 34 heavy (non-hydrogen) atoms. The highest BCUT2D eigenvalue weighted by molar-refractivity contribution is 7.99. The van der Waals surface area contributed by atoms with Crippen LogP contribution >= 0.6 is 11.8 Å². The number of fused-ring (bicyclic) bond motifs is 1. The smallest absolute Gasteiger partial charge is 0.252 e. The first-order valence-electron chi connectivity index (χ1n) is 11.0. The Bertz CT molecular complexity index is 1290. The van der Waals surface area contributed by atoms with Crippen LogP contribution < -0.4 is 10.2 Å². The molecule has 2 fully saturated rings. The summed E-state index contributed by atoms with van der Waals surface area (Å²) < 4.78 is 13.2. The second-order valence-corrected chi connectivity index (χ2v) is 9.40. The summed E-state index contributed by atoms with van der Waals surface area (Å²) in [7, 11) is 0. The third-order valence-corrected chi connectivity index (χ3v) is 7.32. The van der Waals surface area contributed by atoms with Gasteiger partial charge < -0.3 is 15.1 Å². The van der Waals surface area contributed by atoms with Crippen LogP contribution in [0.2, 0.25) is 0 Å². The summed E-state index contributed by atoms with van der Waals surface area (Å²) in [6.45, 7) is 1.45. The van der Waals surface area contributed by atoms with E-state index in [2.05, 4.69) is 21.3 Å². The van der Waals surface area contributed by atoms with Crippen molar-refractivity contribution in [2.45, 2.75) is 12.0 Å². The lowest BCUT2D eigenvalue weighted by molar-refractivity contribution is -0.129. The van der Waals surface area contributed by atoms with Crippen LogP contribution in [0, 0.1) is 17.1 Å². The Kier molecular flexibility index (Phi) is 6.07. The van der Waals surface area contributed by atoms with Crippen molar-refractivity contribution in [2.75, 3.05) is 36.2 Å². The van der Waals surface area contributed by atoms with Gasteiger partial charge in [0.05, 0.1) is 29.6 Å². The van der Waals surface area contributed by atoms with Crippen molar-refractivity contribution in [2.24, 2.45) is 0 Å². The van der Waals surface area contributed by atoms with Crippen molar-refractivity contribution in [3.8, 4) is 6.07 Å². The number of amides is 2. The first kappa shape index (κ1) is 22.2. The predicted molar refractivity (Wildman–Crippen MR) is 129 cm³/mol. The highest BCUT2D eigenvalue weighted by atomic mass is 32.2. The van der Waals surface area contributed by atoms with Crippen LogP contribution in [0.3, 0.4) is 0 Å². The number of thioether (sulfide) groups is 1. The fourth-order valence-corrected chi connectivity index (χ4v) is 5.42. The van der Waals surface area contributed by atoms with Crippen LogP contribution in [-0.4, -0.2) is 59.0 Å². The first-order chi connectivity index (χ1) is 16.5. The van der Waals surface area contributed by atoms with Crippen molar-refractivity contribution < 1.29 is 14.0 Å². The van der Waals surface area contributed by atoms with Gasteiger partial charge in [0.25, 0.3) is 5.91 Å². The topological polar surface area (TPSA) is 89.3 Å². The fourth-order valence-electron chi connectivity index (χ4n) is 4.31. The number of hydrogen-bond donors (Lipinski definition) is 1. The quantitative estimate of drug-likeness (QED) is 0.610. The lowest BCUT2D eigenvalue weighted by atomic mass is 9.90. The van der Waals surface area contributed by atoms with Gasteiger partial charge in [0.15, 0.2) is 0 Å². The maximum Gasteiger partial charge on any atom is 0.252 e. The van der Waals surface area contributed by atoms with E-state index < -0.39 is 6.04 Å². The zero-order chi connectivity index (χ0) is 23.7. The van der Waals surface area contributed by atoms with E-state index in [0.717, 1.165) is 24.3 Å². The molecule has 0 saturated carbocycles. The minimum atomic E-state index is -0.450. The van der Waals surface area contributed by atoms with Crippen molar-refractivity contribution in [1.82, 2.24) is 15.2 Å². The number of halogens is 1. The number of pyridine rings is 1. The number of rotatable bonds is 5. The molecule has 0 radical (unpaired) electrons. The maximum atomic E-state index is 13.2. The second kappa shape index (κ2) is 9.31. The van der Waals surface area contributed by atoms with Crippen LogP contribution in [0.5, 0.6) is 0 Å². The lowest BCUT2D eigenvalue weighted by Crippen LogP contribution is -2.45. The molecule has 172 valence electrons. The van der Waals surface area contributed by atoms with Crippen LogP contribution in [0.4, 0.5) is 10.1 Å². The molecular formula is C25H22FN5O2S. The summed E-state index contributed by atoms with van der Waals surface area (Å²) in [4.78, 5) is 33.5. The molecule has 3 heterocycles. The molecule has 3 aromatic rings. The van der Waals surface area contributed by atoms with E-state index in [1.54, 1.807) is 12.3 Å². The summed E-state index contributed by atoms with van der Waals surface area (Å²) in [5, 5.41) is 12.6. The zero-order valence-corrected chi connectivity index (χ0v) is 19.1. The third kappa shape index (κ3) is 4.29. The molecule has 0 spiro atoms. The van der Waals surface area contributed by atoms with Crippen LogP contribution in [0.15, 0.2) is 54.7 Å². The van der Waals surface area contributed by atoms with Gasteiger partial charge in [-0.05, 0) is 42.0 Å². The van der Waals surface area contributed by atoms with E-state index in [4.69, 9.17) is 0 Å². The number of nitriles is 1. The van der Waals surface area contributed by atoms with Gasteiger partial charge in [0, 0.05) is 42.0 Å². The minimum Gasteiger partial charge on any atom is -0.370 e.